The van der Waals surface area contributed by atoms with Crippen molar-refractivity contribution in [3.8, 4) is 0 Å². The molecule has 1 atom stereocenters. The number of carbonyl (C=O) groups excluding carboxylic acids is 3. The molecule has 3 aliphatic rings. The molecule has 2 N–H and O–H groups in total. The normalized spacial score (nSPS) is 21.8. The van der Waals surface area contributed by atoms with Gasteiger partial charge in [-0.05, 0) is 99.7 Å². The molecule has 16 heteroatoms. The molecule has 0 spiro atoms. The van der Waals surface area contributed by atoms with Crippen LogP contribution in [0.25, 0.3) is 21.9 Å². The number of piperidine rings is 2. The molecule has 3 amide bonds. The number of hydrogen-bond acceptors (Lipinski definition) is 8. The SMILES string of the molecule is Cn1c(=O)n(C2CCC(=O)NC2=O)c2cccc(C3CCN(C[C@H]4CC[C@H](n5cc6cc(NC(=O)c7cccc(C(F)(F)F)n7)ncc6n5)CC4)CC3)c21. The Bertz CT molecular complexity index is 2310. The van der Waals surface area contributed by atoms with Gasteiger partial charge in [-0.15, -0.1) is 0 Å². The van der Waals surface area contributed by atoms with Crippen LogP contribution >= 0.6 is 0 Å². The molecule has 2 saturated heterocycles. The van der Waals surface area contributed by atoms with Crippen LogP contribution in [0.3, 0.4) is 0 Å². The summed E-state index contributed by atoms with van der Waals surface area (Å²) in [5.41, 5.74) is 1.64. The quantitative estimate of drug-likeness (QED) is 0.212. The van der Waals surface area contributed by atoms with E-state index < -0.39 is 29.7 Å². The van der Waals surface area contributed by atoms with Gasteiger partial charge in [0.25, 0.3) is 5.91 Å². The second-order valence-corrected chi connectivity index (χ2v) is 14.7. The van der Waals surface area contributed by atoms with Crippen molar-refractivity contribution in [2.75, 3.05) is 25.0 Å². The van der Waals surface area contributed by atoms with E-state index in [2.05, 4.69) is 31.6 Å². The number of aromatic nitrogens is 6. The topological polar surface area (TPSA) is 149 Å². The van der Waals surface area contributed by atoms with Crippen molar-refractivity contribution in [3.05, 3.63) is 82.3 Å². The first-order valence-electron chi connectivity index (χ1n) is 18.4. The Morgan fingerprint density at radius 3 is 2.48 bits per heavy atom. The number of aryl methyl sites for hydroxylation is 1. The predicted octanol–water partition coefficient (Wildman–Crippen LogP) is 5.34. The summed E-state index contributed by atoms with van der Waals surface area (Å²) in [5, 5.41) is 10.4. The second kappa shape index (κ2) is 14.1. The molecular weight excluding hydrogens is 703 g/mol. The summed E-state index contributed by atoms with van der Waals surface area (Å²) in [6.07, 6.45) is 5.38. The lowest BCUT2D eigenvalue weighted by atomic mass is 9.84. The van der Waals surface area contributed by atoms with E-state index in [-0.39, 0.29) is 35.6 Å². The molecule has 8 rings (SSSR count). The summed E-state index contributed by atoms with van der Waals surface area (Å²) >= 11 is 0. The Labute approximate surface area is 307 Å². The molecule has 1 aromatic carbocycles. The zero-order chi connectivity index (χ0) is 37.7. The van der Waals surface area contributed by atoms with Gasteiger partial charge in [0.2, 0.25) is 11.8 Å². The molecule has 0 bridgehead atoms. The van der Waals surface area contributed by atoms with Gasteiger partial charge in [0, 0.05) is 31.6 Å². The van der Waals surface area contributed by atoms with Crippen molar-refractivity contribution in [1.82, 2.24) is 39.1 Å². The maximum absolute atomic E-state index is 13.4. The molecule has 54 heavy (non-hydrogen) atoms. The fraction of sp³-hybridized carbons (Fsp3) is 0.447. The number of imidazole rings is 1. The minimum atomic E-state index is -4.66. The van der Waals surface area contributed by atoms with E-state index in [0.717, 1.165) is 92.3 Å². The fourth-order valence-electron chi connectivity index (χ4n) is 8.51. The molecule has 1 aliphatic carbocycles. The zero-order valence-corrected chi connectivity index (χ0v) is 29.7. The molecule has 13 nitrogen and oxygen atoms in total. The molecule has 1 saturated carbocycles. The van der Waals surface area contributed by atoms with Gasteiger partial charge in [-0.2, -0.15) is 18.3 Å². The van der Waals surface area contributed by atoms with Gasteiger partial charge in [0.05, 0.1) is 23.3 Å². The molecule has 3 fully saturated rings. The van der Waals surface area contributed by atoms with Crippen molar-refractivity contribution in [2.24, 2.45) is 13.0 Å². The maximum Gasteiger partial charge on any atom is 0.433 e. The number of fused-ring (bicyclic) bond motifs is 2. The van der Waals surface area contributed by atoms with Gasteiger partial charge in [0.1, 0.15) is 28.8 Å². The van der Waals surface area contributed by atoms with Gasteiger partial charge < -0.3 is 10.2 Å². The molecule has 282 valence electrons. The monoisotopic (exact) mass is 743 g/mol. The van der Waals surface area contributed by atoms with Crippen LogP contribution in [0.5, 0.6) is 0 Å². The third-order valence-electron chi connectivity index (χ3n) is 11.3. The number of carbonyl (C=O) groups is 3. The molecule has 1 unspecified atom stereocenters. The number of nitrogens with one attached hydrogen (secondary N) is 2. The van der Waals surface area contributed by atoms with Crippen LogP contribution in [-0.4, -0.2) is 71.1 Å². The third kappa shape index (κ3) is 6.90. The Kier molecular flexibility index (Phi) is 9.32. The molecular formula is C38H40F3N9O4. The van der Waals surface area contributed by atoms with E-state index >= 15 is 0 Å². The minimum Gasteiger partial charge on any atom is -0.305 e. The first-order valence-corrected chi connectivity index (χ1v) is 18.4. The number of pyridine rings is 2. The van der Waals surface area contributed by atoms with E-state index in [0.29, 0.717) is 23.8 Å². The Balaban J connectivity index is 0.857. The molecule has 2 aliphatic heterocycles. The second-order valence-electron chi connectivity index (χ2n) is 14.7. The third-order valence-corrected chi connectivity index (χ3v) is 11.3. The van der Waals surface area contributed by atoms with Gasteiger partial charge in [-0.25, -0.2) is 14.8 Å². The maximum atomic E-state index is 13.4. The first-order chi connectivity index (χ1) is 25.9. The highest BCUT2D eigenvalue weighted by Crippen LogP contribution is 2.37. The van der Waals surface area contributed by atoms with Crippen molar-refractivity contribution in [1.29, 1.82) is 0 Å². The molecule has 5 aromatic rings. The number of likely N-dealkylation sites (tertiary alicyclic amines) is 1. The largest absolute Gasteiger partial charge is 0.433 e. The number of imide groups is 1. The highest BCUT2D eigenvalue weighted by Gasteiger charge is 2.34. The van der Waals surface area contributed by atoms with Crippen molar-refractivity contribution < 1.29 is 27.6 Å². The number of nitrogens with zero attached hydrogens (tertiary/aromatic N) is 7. The number of rotatable bonds is 7. The van der Waals surface area contributed by atoms with E-state index in [4.69, 9.17) is 5.10 Å². The standard InChI is InChI=1S/C38H40F3N9O4/c1-47-34-26(4-2-6-29(34)50(37(47)54)30-12-13-33(51)45-36(30)53)23-14-16-48(17-15-23)20-22-8-10-25(11-9-22)49-21-24-18-32(42-19-28(24)46-49)44-35(52)27-5-3-7-31(43-27)38(39,40)41/h2-7,18-19,21-23,25,30H,8-17,20H2,1H3,(H,44,52)(H,45,51,53)/t22-,25-,30?. The summed E-state index contributed by atoms with van der Waals surface area (Å²) < 4.78 is 44.3. The van der Waals surface area contributed by atoms with Crippen LogP contribution in [0.4, 0.5) is 19.0 Å². The number of alkyl halides is 3. The summed E-state index contributed by atoms with van der Waals surface area (Å²) in [5.74, 6) is -0.461. The van der Waals surface area contributed by atoms with Gasteiger partial charge in [-0.3, -0.25) is 33.5 Å². The lowest BCUT2D eigenvalue weighted by Crippen LogP contribution is -2.44. The highest BCUT2D eigenvalue weighted by molar-refractivity contribution is 6.03. The van der Waals surface area contributed by atoms with Gasteiger partial charge in [-0.1, -0.05) is 18.2 Å². The lowest BCUT2D eigenvalue weighted by molar-refractivity contribution is -0.141. The number of amides is 3. The van der Waals surface area contributed by atoms with Crippen LogP contribution in [0.1, 0.15) is 91.1 Å². The molecule has 4 aromatic heterocycles. The van der Waals surface area contributed by atoms with Gasteiger partial charge >= 0.3 is 11.9 Å². The summed E-state index contributed by atoms with van der Waals surface area (Å²) in [6.45, 7) is 2.95. The average molecular weight is 744 g/mol. The van der Waals surface area contributed by atoms with Crippen molar-refractivity contribution >= 4 is 45.5 Å². The summed E-state index contributed by atoms with van der Waals surface area (Å²) in [6, 6.07) is 10.3. The van der Waals surface area contributed by atoms with Crippen LogP contribution in [0, 0.1) is 5.92 Å². The molecule has 0 radical (unpaired) electrons. The van der Waals surface area contributed by atoms with E-state index in [1.807, 2.05) is 23.0 Å². The van der Waals surface area contributed by atoms with E-state index in [1.165, 1.54) is 6.07 Å². The zero-order valence-electron chi connectivity index (χ0n) is 29.7. The van der Waals surface area contributed by atoms with Crippen molar-refractivity contribution in [2.45, 2.75) is 75.5 Å². The van der Waals surface area contributed by atoms with E-state index in [9.17, 15) is 32.3 Å². The minimum absolute atomic E-state index is 0.199. The Morgan fingerprint density at radius 1 is 0.981 bits per heavy atom. The number of para-hydroxylation sites is 1. The summed E-state index contributed by atoms with van der Waals surface area (Å²) in [7, 11) is 1.76. The summed E-state index contributed by atoms with van der Waals surface area (Å²) in [4.78, 5) is 60.7. The van der Waals surface area contributed by atoms with Crippen LogP contribution < -0.4 is 16.3 Å². The van der Waals surface area contributed by atoms with Crippen molar-refractivity contribution in [3.63, 3.8) is 0 Å². The lowest BCUT2D eigenvalue weighted by Gasteiger charge is -2.37. The first kappa shape index (κ1) is 35.6. The fourth-order valence-corrected chi connectivity index (χ4v) is 8.51. The average Bonchev–Trinajstić information content (AvgIpc) is 3.70. The number of benzene rings is 1. The Morgan fingerprint density at radius 2 is 1.74 bits per heavy atom. The number of hydrogen-bond donors (Lipinski definition) is 2. The molecule has 6 heterocycles. The number of anilines is 1. The smallest absolute Gasteiger partial charge is 0.305 e. The van der Waals surface area contributed by atoms with Gasteiger partial charge in [0.15, 0.2) is 0 Å². The van der Waals surface area contributed by atoms with Crippen LogP contribution in [0.15, 0.2) is 59.7 Å². The number of halogens is 3. The highest BCUT2D eigenvalue weighted by atomic mass is 19.4. The Hall–Kier alpha value is -5.38. The van der Waals surface area contributed by atoms with Crippen LogP contribution in [-0.2, 0) is 22.8 Å². The predicted molar refractivity (Wildman–Crippen MR) is 193 cm³/mol. The van der Waals surface area contributed by atoms with E-state index in [1.54, 1.807) is 28.4 Å². The van der Waals surface area contributed by atoms with Crippen LogP contribution in [0.2, 0.25) is 0 Å².